The molecular weight excluding hydrogens is 410 g/mol. The largest absolute Gasteiger partial charge is 0.477 e. The molecule has 2 heterocycles. The number of morpholine rings is 1. The van der Waals surface area contributed by atoms with E-state index in [4.69, 9.17) is 9.15 Å². The minimum atomic E-state index is -1.18. The zero-order valence-corrected chi connectivity index (χ0v) is 16.5. The molecule has 2 aromatic carbocycles. The van der Waals surface area contributed by atoms with Gasteiger partial charge in [-0.15, -0.1) is 0 Å². The Morgan fingerprint density at radius 3 is 2.70 bits per heavy atom. The quantitative estimate of drug-likeness (QED) is 0.271. The summed E-state index contributed by atoms with van der Waals surface area (Å²) < 4.78 is 11.0. The summed E-state index contributed by atoms with van der Waals surface area (Å²) in [6.45, 7) is 2.28. The smallest absolute Gasteiger partial charge is 0.342 e. The topological polar surface area (TPSA) is 119 Å². The highest BCUT2D eigenvalue weighted by molar-refractivity contribution is 8.03. The van der Waals surface area contributed by atoms with Gasteiger partial charge in [0.1, 0.15) is 10.4 Å². The van der Waals surface area contributed by atoms with E-state index in [1.807, 2.05) is 11.0 Å². The molecule has 4 rings (SSSR count). The first kappa shape index (κ1) is 19.9. The third-order valence-corrected chi connectivity index (χ3v) is 5.40. The number of aliphatic carboxylic acids is 1. The van der Waals surface area contributed by atoms with Gasteiger partial charge in [0.2, 0.25) is 0 Å². The summed E-state index contributed by atoms with van der Waals surface area (Å²) >= 11 is 0.858. The van der Waals surface area contributed by atoms with E-state index >= 15 is 0 Å². The van der Waals surface area contributed by atoms with Crippen LogP contribution in [0, 0.1) is 10.1 Å². The van der Waals surface area contributed by atoms with Crippen molar-refractivity contribution < 1.29 is 24.0 Å². The van der Waals surface area contributed by atoms with Crippen molar-refractivity contribution in [3.05, 3.63) is 63.0 Å². The van der Waals surface area contributed by atoms with Gasteiger partial charge in [0.05, 0.1) is 18.1 Å². The molecule has 1 aliphatic heterocycles. The number of nitro benzene ring substituents is 1. The van der Waals surface area contributed by atoms with Gasteiger partial charge in [-0.25, -0.2) is 9.78 Å². The van der Waals surface area contributed by atoms with E-state index in [1.165, 1.54) is 18.2 Å². The minimum absolute atomic E-state index is 0.0587. The summed E-state index contributed by atoms with van der Waals surface area (Å²) in [5.41, 5.74) is 2.20. The molecule has 0 bridgehead atoms. The molecule has 0 spiro atoms. The molecular formula is C20H17N3O6S. The fraction of sp³-hybridized carbons (Fsp3) is 0.200. The number of carboxylic acids is 1. The van der Waals surface area contributed by atoms with Crippen LogP contribution in [0.3, 0.4) is 0 Å². The summed E-state index contributed by atoms with van der Waals surface area (Å²) in [5, 5.41) is 21.2. The number of aromatic nitrogens is 1. The number of anilines is 1. The van der Waals surface area contributed by atoms with Gasteiger partial charge < -0.3 is 19.2 Å². The number of nitrogens with zero attached hydrogens (tertiary/aromatic N) is 3. The number of oxazole rings is 1. The standard InChI is InChI=1S/C20H17N3O6S/c24-19(25)18(30-20-21-15-3-1-2-4-17(15)29-20)12-13-11-14(23(26)27)5-6-16(13)22-7-9-28-10-8-22/h1-6,11-12H,7-10H2,(H,24,25)/b18-12-. The van der Waals surface area contributed by atoms with E-state index in [1.54, 1.807) is 24.3 Å². The molecule has 1 aliphatic rings. The number of hydrogen-bond acceptors (Lipinski definition) is 8. The second-order valence-electron chi connectivity index (χ2n) is 6.46. The molecule has 1 N–H and O–H groups in total. The van der Waals surface area contributed by atoms with E-state index in [-0.39, 0.29) is 15.8 Å². The van der Waals surface area contributed by atoms with Gasteiger partial charge in [0.25, 0.3) is 10.9 Å². The molecule has 154 valence electrons. The molecule has 0 atom stereocenters. The molecule has 0 radical (unpaired) electrons. The van der Waals surface area contributed by atoms with E-state index in [0.29, 0.717) is 48.7 Å². The minimum Gasteiger partial charge on any atom is -0.477 e. The van der Waals surface area contributed by atoms with Crippen LogP contribution in [0.25, 0.3) is 17.2 Å². The highest BCUT2D eigenvalue weighted by Gasteiger charge is 2.20. The summed E-state index contributed by atoms with van der Waals surface area (Å²) in [4.78, 5) is 28.9. The van der Waals surface area contributed by atoms with Gasteiger partial charge in [-0.1, -0.05) is 12.1 Å². The van der Waals surface area contributed by atoms with Crippen LogP contribution in [0.15, 0.2) is 57.0 Å². The fourth-order valence-corrected chi connectivity index (χ4v) is 3.86. The molecule has 1 aromatic heterocycles. The fourth-order valence-electron chi connectivity index (χ4n) is 3.13. The lowest BCUT2D eigenvalue weighted by atomic mass is 10.1. The monoisotopic (exact) mass is 427 g/mol. The number of benzene rings is 2. The second kappa shape index (κ2) is 8.56. The van der Waals surface area contributed by atoms with Gasteiger partial charge in [-0.05, 0) is 36.0 Å². The predicted molar refractivity (Wildman–Crippen MR) is 112 cm³/mol. The number of para-hydroxylation sites is 2. The van der Waals surface area contributed by atoms with Gasteiger partial charge in [-0.3, -0.25) is 10.1 Å². The maximum atomic E-state index is 11.9. The van der Waals surface area contributed by atoms with Crippen LogP contribution in [0.4, 0.5) is 11.4 Å². The van der Waals surface area contributed by atoms with Crippen LogP contribution < -0.4 is 4.90 Å². The molecule has 30 heavy (non-hydrogen) atoms. The first-order valence-corrected chi connectivity index (χ1v) is 9.92. The maximum absolute atomic E-state index is 11.9. The second-order valence-corrected chi connectivity index (χ2v) is 7.46. The Bertz CT molecular complexity index is 1100. The molecule has 0 unspecified atom stereocenters. The lowest BCUT2D eigenvalue weighted by Gasteiger charge is -2.30. The van der Waals surface area contributed by atoms with Crippen molar-refractivity contribution in [1.29, 1.82) is 0 Å². The third kappa shape index (κ3) is 4.29. The molecule has 10 heteroatoms. The average molecular weight is 427 g/mol. The Morgan fingerprint density at radius 2 is 2.00 bits per heavy atom. The van der Waals surface area contributed by atoms with Crippen molar-refractivity contribution in [3.8, 4) is 0 Å². The molecule has 0 amide bonds. The molecule has 3 aromatic rings. The van der Waals surface area contributed by atoms with Gasteiger partial charge in [0.15, 0.2) is 5.58 Å². The van der Waals surface area contributed by atoms with E-state index in [2.05, 4.69) is 4.98 Å². The summed E-state index contributed by atoms with van der Waals surface area (Å²) in [6, 6.07) is 11.5. The predicted octanol–water partition coefficient (Wildman–Crippen LogP) is 3.79. The average Bonchev–Trinajstić information content (AvgIpc) is 3.16. The number of rotatable bonds is 6. The van der Waals surface area contributed by atoms with Crippen molar-refractivity contribution in [2.45, 2.75) is 5.22 Å². The Labute approximate surface area is 175 Å². The number of carbonyl (C=O) groups is 1. The molecule has 1 saturated heterocycles. The Hall–Kier alpha value is -3.37. The van der Waals surface area contributed by atoms with Crippen LogP contribution in [0.2, 0.25) is 0 Å². The first-order valence-electron chi connectivity index (χ1n) is 9.11. The number of thioether (sulfide) groups is 1. The SMILES string of the molecule is O=C(O)/C(=C/c1cc([N+](=O)[O-])ccc1N1CCOCC1)Sc1nc2ccccc2o1. The van der Waals surface area contributed by atoms with Gasteiger partial charge in [-0.2, -0.15) is 0 Å². The Morgan fingerprint density at radius 1 is 1.23 bits per heavy atom. The number of hydrogen-bond donors (Lipinski definition) is 1. The lowest BCUT2D eigenvalue weighted by molar-refractivity contribution is -0.384. The molecule has 9 nitrogen and oxygen atoms in total. The van der Waals surface area contributed by atoms with Crippen LogP contribution in [0.5, 0.6) is 0 Å². The number of ether oxygens (including phenoxy) is 1. The van der Waals surface area contributed by atoms with Crippen molar-refractivity contribution in [2.75, 3.05) is 31.2 Å². The van der Waals surface area contributed by atoms with E-state index in [0.717, 1.165) is 11.8 Å². The van der Waals surface area contributed by atoms with Gasteiger partial charge in [0, 0.05) is 36.5 Å². The van der Waals surface area contributed by atoms with Crippen molar-refractivity contribution in [2.24, 2.45) is 0 Å². The Balaban J connectivity index is 1.73. The summed E-state index contributed by atoms with van der Waals surface area (Å²) in [6.07, 6.45) is 1.42. The highest BCUT2D eigenvalue weighted by atomic mass is 32.2. The highest BCUT2D eigenvalue weighted by Crippen LogP contribution is 2.34. The lowest BCUT2D eigenvalue weighted by Crippen LogP contribution is -2.36. The van der Waals surface area contributed by atoms with Crippen LogP contribution >= 0.6 is 11.8 Å². The molecule has 0 saturated carbocycles. The van der Waals surface area contributed by atoms with Crippen molar-refractivity contribution in [1.82, 2.24) is 4.98 Å². The summed E-state index contributed by atoms with van der Waals surface area (Å²) in [5.74, 6) is -1.18. The third-order valence-electron chi connectivity index (χ3n) is 4.54. The van der Waals surface area contributed by atoms with Crippen LogP contribution in [-0.2, 0) is 9.53 Å². The van der Waals surface area contributed by atoms with Crippen LogP contribution in [0.1, 0.15) is 5.56 Å². The molecule has 0 aliphatic carbocycles. The number of carboxylic acid groups (broad SMARTS) is 1. The maximum Gasteiger partial charge on any atom is 0.342 e. The number of nitro groups is 1. The van der Waals surface area contributed by atoms with Crippen molar-refractivity contribution >= 4 is 46.3 Å². The summed E-state index contributed by atoms with van der Waals surface area (Å²) in [7, 11) is 0. The van der Waals surface area contributed by atoms with Crippen molar-refractivity contribution in [3.63, 3.8) is 0 Å². The van der Waals surface area contributed by atoms with E-state index < -0.39 is 10.9 Å². The zero-order valence-electron chi connectivity index (χ0n) is 15.7. The number of non-ortho nitro benzene ring substituents is 1. The molecule has 1 fully saturated rings. The normalized spacial score (nSPS) is 14.8. The zero-order chi connectivity index (χ0) is 21.1. The number of fused-ring (bicyclic) bond motifs is 1. The van der Waals surface area contributed by atoms with Gasteiger partial charge >= 0.3 is 5.97 Å². The Kier molecular flexibility index (Phi) is 5.68. The first-order chi connectivity index (χ1) is 14.5. The van der Waals surface area contributed by atoms with Crippen LogP contribution in [-0.4, -0.2) is 47.3 Å². The van der Waals surface area contributed by atoms with E-state index in [9.17, 15) is 20.0 Å².